The summed E-state index contributed by atoms with van der Waals surface area (Å²) in [6, 6.07) is 12.4. The van der Waals surface area contributed by atoms with E-state index in [1.807, 2.05) is 31.2 Å². The second-order valence-electron chi connectivity index (χ2n) is 7.37. The number of aryl methyl sites for hydroxylation is 1. The van der Waals surface area contributed by atoms with Crippen molar-refractivity contribution >= 4 is 34.9 Å². The van der Waals surface area contributed by atoms with Crippen LogP contribution in [-0.4, -0.2) is 36.7 Å². The standard InChI is InChI=1S/C22H20N2O5/c1-13-2-5-17(6-3-13)24-11-16(10-21(24)27)22(28)29-12-19(25)14-4-7-18-15(8-14)9-20(26)23-18/h2-8,16H,9-12H2,1H3,(H,23,26)/t16-/m1/s1. The molecule has 2 aliphatic heterocycles. The number of esters is 1. The predicted octanol–water partition coefficient (Wildman–Crippen LogP) is 2.27. The maximum atomic E-state index is 12.4. The Morgan fingerprint density at radius 1 is 1.14 bits per heavy atom. The van der Waals surface area contributed by atoms with Crippen LogP contribution in [0.25, 0.3) is 0 Å². The number of hydrogen-bond donors (Lipinski definition) is 1. The smallest absolute Gasteiger partial charge is 0.311 e. The number of nitrogens with zero attached hydrogens (tertiary/aromatic N) is 1. The molecule has 0 bridgehead atoms. The molecule has 1 atom stereocenters. The van der Waals surface area contributed by atoms with Gasteiger partial charge in [0.2, 0.25) is 11.8 Å². The van der Waals surface area contributed by atoms with Gasteiger partial charge in [-0.25, -0.2) is 0 Å². The molecule has 7 heteroatoms. The third-order valence-electron chi connectivity index (χ3n) is 5.20. The number of hydrogen-bond acceptors (Lipinski definition) is 5. The first-order valence-corrected chi connectivity index (χ1v) is 9.40. The van der Waals surface area contributed by atoms with Gasteiger partial charge in [0.05, 0.1) is 12.3 Å². The SMILES string of the molecule is Cc1ccc(N2C[C@H](C(=O)OCC(=O)c3ccc4c(c3)CC(=O)N4)CC2=O)cc1. The van der Waals surface area contributed by atoms with E-state index in [2.05, 4.69) is 5.32 Å². The molecule has 2 aromatic rings. The van der Waals surface area contributed by atoms with Gasteiger partial charge < -0.3 is 15.0 Å². The summed E-state index contributed by atoms with van der Waals surface area (Å²) in [6.07, 6.45) is 0.294. The van der Waals surface area contributed by atoms with E-state index in [9.17, 15) is 19.2 Å². The van der Waals surface area contributed by atoms with Crippen molar-refractivity contribution in [3.05, 3.63) is 59.2 Å². The number of amides is 2. The van der Waals surface area contributed by atoms with Gasteiger partial charge in [-0.1, -0.05) is 17.7 Å². The molecule has 0 aliphatic carbocycles. The van der Waals surface area contributed by atoms with Gasteiger partial charge in [0.25, 0.3) is 0 Å². The molecular weight excluding hydrogens is 372 g/mol. The number of ether oxygens (including phenoxy) is 1. The van der Waals surface area contributed by atoms with Crippen molar-refractivity contribution in [3.63, 3.8) is 0 Å². The average Bonchev–Trinajstić information content (AvgIpc) is 3.27. The van der Waals surface area contributed by atoms with Crippen molar-refractivity contribution in [2.24, 2.45) is 5.92 Å². The van der Waals surface area contributed by atoms with E-state index >= 15 is 0 Å². The first-order valence-electron chi connectivity index (χ1n) is 9.40. The Bertz CT molecular complexity index is 1010. The minimum atomic E-state index is -0.599. The molecular formula is C22H20N2O5. The molecule has 0 aromatic heterocycles. The minimum Gasteiger partial charge on any atom is -0.457 e. The molecule has 2 aliphatic rings. The number of anilines is 2. The van der Waals surface area contributed by atoms with Crippen molar-refractivity contribution < 1.29 is 23.9 Å². The molecule has 1 saturated heterocycles. The van der Waals surface area contributed by atoms with Crippen molar-refractivity contribution in [2.45, 2.75) is 19.8 Å². The van der Waals surface area contributed by atoms with Crippen LogP contribution >= 0.6 is 0 Å². The molecule has 0 spiro atoms. The van der Waals surface area contributed by atoms with Crippen LogP contribution < -0.4 is 10.2 Å². The third-order valence-corrected chi connectivity index (χ3v) is 5.20. The lowest BCUT2D eigenvalue weighted by molar-refractivity contribution is -0.147. The number of carbonyl (C=O) groups is 4. The second-order valence-corrected chi connectivity index (χ2v) is 7.37. The summed E-state index contributed by atoms with van der Waals surface area (Å²) in [7, 11) is 0. The molecule has 1 fully saturated rings. The minimum absolute atomic E-state index is 0.0630. The van der Waals surface area contributed by atoms with E-state index < -0.39 is 18.5 Å². The van der Waals surface area contributed by atoms with E-state index in [-0.39, 0.29) is 37.0 Å². The lowest BCUT2D eigenvalue weighted by atomic mass is 10.1. The molecule has 2 heterocycles. The summed E-state index contributed by atoms with van der Waals surface area (Å²) >= 11 is 0. The quantitative estimate of drug-likeness (QED) is 0.622. The zero-order valence-electron chi connectivity index (χ0n) is 15.9. The number of nitrogens with one attached hydrogen (secondary N) is 1. The van der Waals surface area contributed by atoms with Crippen LogP contribution in [0.1, 0.15) is 27.9 Å². The van der Waals surface area contributed by atoms with Crippen LogP contribution in [0, 0.1) is 12.8 Å². The molecule has 0 radical (unpaired) electrons. The Labute approximate surface area is 167 Å². The summed E-state index contributed by atoms with van der Waals surface area (Å²) in [6.45, 7) is 1.80. The fraction of sp³-hybridized carbons (Fsp3) is 0.273. The Morgan fingerprint density at radius 3 is 2.66 bits per heavy atom. The normalized spacial score (nSPS) is 17.8. The zero-order valence-corrected chi connectivity index (χ0v) is 15.9. The van der Waals surface area contributed by atoms with Crippen molar-refractivity contribution in [3.8, 4) is 0 Å². The fourth-order valence-electron chi connectivity index (χ4n) is 3.58. The van der Waals surface area contributed by atoms with Crippen LogP contribution in [0.2, 0.25) is 0 Å². The van der Waals surface area contributed by atoms with Gasteiger partial charge in [-0.3, -0.25) is 19.2 Å². The summed E-state index contributed by atoms with van der Waals surface area (Å²) in [4.78, 5) is 50.0. The monoisotopic (exact) mass is 392 g/mol. The van der Waals surface area contributed by atoms with E-state index in [4.69, 9.17) is 4.74 Å². The molecule has 29 heavy (non-hydrogen) atoms. The Hall–Kier alpha value is -3.48. The summed E-state index contributed by atoms with van der Waals surface area (Å²) in [5.74, 6) is -1.75. The number of ketones is 1. The number of Topliss-reactive ketones (excluding diaryl/α,β-unsaturated/α-hetero) is 1. The number of fused-ring (bicyclic) bond motifs is 1. The van der Waals surface area contributed by atoms with Gasteiger partial charge in [-0.15, -0.1) is 0 Å². The maximum Gasteiger partial charge on any atom is 0.311 e. The van der Waals surface area contributed by atoms with E-state index in [0.29, 0.717) is 11.3 Å². The maximum absolute atomic E-state index is 12.4. The van der Waals surface area contributed by atoms with Crippen LogP contribution in [-0.2, 0) is 25.5 Å². The average molecular weight is 392 g/mol. The third kappa shape index (κ3) is 3.89. The molecule has 2 aromatic carbocycles. The molecule has 1 N–H and O–H groups in total. The summed E-state index contributed by atoms with van der Waals surface area (Å²) in [5.41, 5.74) is 3.66. The van der Waals surface area contributed by atoms with Gasteiger partial charge >= 0.3 is 5.97 Å². The number of benzene rings is 2. The van der Waals surface area contributed by atoms with Gasteiger partial charge in [-0.05, 0) is 42.8 Å². The Balaban J connectivity index is 1.35. The fourth-order valence-corrected chi connectivity index (χ4v) is 3.58. The van der Waals surface area contributed by atoms with Gasteiger partial charge in [0.15, 0.2) is 12.4 Å². The van der Waals surface area contributed by atoms with E-state index in [0.717, 1.165) is 16.8 Å². The highest BCUT2D eigenvalue weighted by atomic mass is 16.5. The van der Waals surface area contributed by atoms with Crippen molar-refractivity contribution in [1.82, 2.24) is 0 Å². The Kier molecular flexibility index (Phi) is 4.88. The van der Waals surface area contributed by atoms with Crippen molar-refractivity contribution in [1.29, 1.82) is 0 Å². The van der Waals surface area contributed by atoms with Crippen molar-refractivity contribution in [2.75, 3.05) is 23.4 Å². The van der Waals surface area contributed by atoms with Gasteiger partial charge in [-0.2, -0.15) is 0 Å². The molecule has 148 valence electrons. The lowest BCUT2D eigenvalue weighted by Crippen LogP contribution is -2.27. The zero-order chi connectivity index (χ0) is 20.5. The van der Waals surface area contributed by atoms with Crippen LogP contribution in [0.4, 0.5) is 11.4 Å². The number of carbonyl (C=O) groups excluding carboxylic acids is 4. The topological polar surface area (TPSA) is 92.8 Å². The highest BCUT2D eigenvalue weighted by molar-refractivity contribution is 6.03. The van der Waals surface area contributed by atoms with Crippen LogP contribution in [0.3, 0.4) is 0 Å². The molecule has 7 nitrogen and oxygen atoms in total. The highest BCUT2D eigenvalue weighted by Gasteiger charge is 2.36. The van der Waals surface area contributed by atoms with E-state index in [1.165, 1.54) is 0 Å². The largest absolute Gasteiger partial charge is 0.457 e. The Morgan fingerprint density at radius 2 is 1.90 bits per heavy atom. The first kappa shape index (κ1) is 18.9. The van der Waals surface area contributed by atoms with Crippen LogP contribution in [0.5, 0.6) is 0 Å². The molecule has 2 amide bonds. The molecule has 0 saturated carbocycles. The lowest BCUT2D eigenvalue weighted by Gasteiger charge is -2.16. The first-order chi connectivity index (χ1) is 13.9. The van der Waals surface area contributed by atoms with Gasteiger partial charge in [0, 0.05) is 29.9 Å². The highest BCUT2D eigenvalue weighted by Crippen LogP contribution is 2.27. The van der Waals surface area contributed by atoms with E-state index in [1.54, 1.807) is 23.1 Å². The molecule has 0 unspecified atom stereocenters. The summed E-state index contributed by atoms with van der Waals surface area (Å²) < 4.78 is 5.18. The second kappa shape index (κ2) is 7.50. The summed E-state index contributed by atoms with van der Waals surface area (Å²) in [5, 5.41) is 2.70. The van der Waals surface area contributed by atoms with Crippen LogP contribution in [0.15, 0.2) is 42.5 Å². The predicted molar refractivity (Wildman–Crippen MR) is 106 cm³/mol. The number of rotatable bonds is 5. The van der Waals surface area contributed by atoms with Gasteiger partial charge in [0.1, 0.15) is 0 Å². The molecule has 4 rings (SSSR count).